The number of carbonyl (C=O) groups is 1. The van der Waals surface area contributed by atoms with Crippen molar-refractivity contribution < 1.29 is 4.79 Å². The lowest BCUT2D eigenvalue weighted by atomic mass is 10.1. The highest BCUT2D eigenvalue weighted by atomic mass is 35.5. The van der Waals surface area contributed by atoms with E-state index in [1.807, 2.05) is 24.3 Å². The molecule has 0 heterocycles. The van der Waals surface area contributed by atoms with Crippen molar-refractivity contribution in [1.82, 2.24) is 0 Å². The summed E-state index contributed by atoms with van der Waals surface area (Å²) in [4.78, 5) is 12.7. The van der Waals surface area contributed by atoms with E-state index in [2.05, 4.69) is 34.6 Å². The van der Waals surface area contributed by atoms with Crippen molar-refractivity contribution in [3.63, 3.8) is 0 Å². The highest BCUT2D eigenvalue weighted by Gasteiger charge is 2.45. The number of carbonyl (C=O) groups excluding carboxylic acids is 1. The molecule has 1 nitrogen and oxygen atoms in total. The van der Waals surface area contributed by atoms with Gasteiger partial charge in [-0.2, -0.15) is 0 Å². The predicted molar refractivity (Wildman–Crippen MR) is 97.6 cm³/mol. The van der Waals surface area contributed by atoms with Crippen molar-refractivity contribution in [3.05, 3.63) is 34.9 Å². The van der Waals surface area contributed by atoms with Gasteiger partial charge in [0.2, 0.25) is 0 Å². The lowest BCUT2D eigenvalue weighted by Gasteiger charge is -2.34. The molecule has 0 unspecified atom stereocenters. The number of benzene rings is 1. The van der Waals surface area contributed by atoms with Crippen LogP contribution in [0.25, 0.3) is 0 Å². The maximum absolute atomic E-state index is 12.7. The number of unbranched alkanes of at least 4 members (excludes halogenated alkanes) is 1. The number of halogens is 1. The van der Waals surface area contributed by atoms with Crippen LogP contribution in [-0.4, -0.2) is 29.4 Å². The first kappa shape index (κ1) is 18.7. The minimum Gasteiger partial charge on any atom is -0.290 e. The molecule has 1 aromatic carbocycles. The average molecular weight is 328 g/mol. The maximum Gasteiger partial charge on any atom is 0.199 e. The normalized spacial score (nSPS) is 12.2. The Morgan fingerprint density at radius 2 is 1.62 bits per heavy atom. The molecule has 0 N–H and O–H groups in total. The SMILES string of the molecule is CCCC[P+](CC(=O)c1ccc(Cl)cc1)(C(C)C)C(C)C. The smallest absolute Gasteiger partial charge is 0.199 e. The number of hydrogen-bond acceptors (Lipinski definition) is 1. The van der Waals surface area contributed by atoms with Crippen molar-refractivity contribution in [2.24, 2.45) is 0 Å². The van der Waals surface area contributed by atoms with Gasteiger partial charge in [-0.25, -0.2) is 0 Å². The summed E-state index contributed by atoms with van der Waals surface area (Å²) in [5.74, 6) is 0.290. The van der Waals surface area contributed by atoms with Gasteiger partial charge in [-0.1, -0.05) is 24.9 Å². The molecule has 0 aromatic heterocycles. The quantitative estimate of drug-likeness (QED) is 0.413. The summed E-state index contributed by atoms with van der Waals surface area (Å²) in [7, 11) is -1.27. The molecular formula is C18H29ClOP+. The van der Waals surface area contributed by atoms with Crippen LogP contribution in [0.3, 0.4) is 0 Å². The van der Waals surface area contributed by atoms with Crippen LogP contribution in [0.4, 0.5) is 0 Å². The molecule has 0 spiro atoms. The first-order valence-corrected chi connectivity index (χ1v) is 10.7. The average Bonchev–Trinajstić information content (AvgIpc) is 2.43. The highest BCUT2D eigenvalue weighted by Crippen LogP contribution is 2.67. The first-order valence-electron chi connectivity index (χ1n) is 7.98. The topological polar surface area (TPSA) is 17.1 Å². The van der Waals surface area contributed by atoms with Gasteiger partial charge >= 0.3 is 0 Å². The van der Waals surface area contributed by atoms with Gasteiger partial charge in [0, 0.05) is 17.8 Å². The van der Waals surface area contributed by atoms with E-state index in [0.717, 1.165) is 11.7 Å². The van der Waals surface area contributed by atoms with Crippen LogP contribution in [0, 0.1) is 0 Å². The lowest BCUT2D eigenvalue weighted by Crippen LogP contribution is -2.26. The van der Waals surface area contributed by atoms with Crippen molar-refractivity contribution >= 4 is 24.6 Å². The van der Waals surface area contributed by atoms with E-state index < -0.39 is 7.26 Å². The molecule has 1 rings (SSSR count). The van der Waals surface area contributed by atoms with Gasteiger partial charge in [0.05, 0.1) is 17.5 Å². The minimum atomic E-state index is -1.27. The van der Waals surface area contributed by atoms with Crippen LogP contribution >= 0.6 is 18.9 Å². The van der Waals surface area contributed by atoms with E-state index >= 15 is 0 Å². The first-order chi connectivity index (χ1) is 9.83. The minimum absolute atomic E-state index is 0.290. The summed E-state index contributed by atoms with van der Waals surface area (Å²) in [5.41, 5.74) is 2.03. The summed E-state index contributed by atoms with van der Waals surface area (Å²) in [5, 5.41) is 0.686. The number of rotatable bonds is 8. The number of ketones is 1. The molecule has 0 aliphatic carbocycles. The fraction of sp³-hybridized carbons (Fsp3) is 0.611. The molecule has 0 atom stereocenters. The van der Waals surface area contributed by atoms with Gasteiger partial charge < -0.3 is 0 Å². The van der Waals surface area contributed by atoms with E-state index in [4.69, 9.17) is 11.6 Å². The Morgan fingerprint density at radius 1 is 1.10 bits per heavy atom. The third kappa shape index (κ3) is 4.80. The van der Waals surface area contributed by atoms with E-state index in [9.17, 15) is 4.79 Å². The largest absolute Gasteiger partial charge is 0.290 e. The molecule has 1 aromatic rings. The molecule has 0 radical (unpaired) electrons. The third-order valence-corrected chi connectivity index (χ3v) is 11.0. The molecule has 0 aliphatic rings. The van der Waals surface area contributed by atoms with Gasteiger partial charge in [-0.15, -0.1) is 0 Å². The van der Waals surface area contributed by atoms with E-state index in [-0.39, 0.29) is 0 Å². The molecule has 0 bridgehead atoms. The predicted octanol–water partition coefficient (Wildman–Crippen LogP) is 6.16. The van der Waals surface area contributed by atoms with Gasteiger partial charge in [0.25, 0.3) is 0 Å². The second kappa shape index (κ2) is 8.30. The monoisotopic (exact) mass is 327 g/mol. The van der Waals surface area contributed by atoms with E-state index in [0.29, 0.717) is 22.1 Å². The second-order valence-corrected chi connectivity index (χ2v) is 11.9. The molecule has 118 valence electrons. The summed E-state index contributed by atoms with van der Waals surface area (Å²) < 4.78 is 0. The third-order valence-electron chi connectivity index (χ3n) is 4.59. The van der Waals surface area contributed by atoms with Gasteiger partial charge in [-0.3, -0.25) is 4.79 Å². The maximum atomic E-state index is 12.7. The van der Waals surface area contributed by atoms with Gasteiger partial charge in [0.15, 0.2) is 5.78 Å². The Morgan fingerprint density at radius 3 is 2.05 bits per heavy atom. The Balaban J connectivity index is 2.99. The molecular weight excluding hydrogens is 299 g/mol. The van der Waals surface area contributed by atoms with Crippen LogP contribution in [0.5, 0.6) is 0 Å². The summed E-state index contributed by atoms with van der Waals surface area (Å²) in [6.45, 7) is 11.4. The van der Waals surface area contributed by atoms with Crippen LogP contribution in [0.1, 0.15) is 57.8 Å². The fourth-order valence-electron chi connectivity index (χ4n) is 3.00. The van der Waals surface area contributed by atoms with Crippen molar-refractivity contribution in [3.8, 4) is 0 Å². The van der Waals surface area contributed by atoms with Crippen LogP contribution in [-0.2, 0) is 0 Å². The molecule has 3 heteroatoms. The Kier molecular flexibility index (Phi) is 7.37. The van der Waals surface area contributed by atoms with E-state index in [1.54, 1.807) is 0 Å². The summed E-state index contributed by atoms with van der Waals surface area (Å²) in [6, 6.07) is 7.34. The molecule has 21 heavy (non-hydrogen) atoms. The molecule has 0 saturated carbocycles. The Bertz CT molecular complexity index is 443. The molecule has 0 saturated heterocycles. The zero-order valence-corrected chi connectivity index (χ0v) is 15.7. The van der Waals surface area contributed by atoms with Crippen molar-refractivity contribution in [2.45, 2.75) is 58.8 Å². The highest BCUT2D eigenvalue weighted by molar-refractivity contribution is 7.77. The summed E-state index contributed by atoms with van der Waals surface area (Å²) >= 11 is 5.91. The lowest BCUT2D eigenvalue weighted by molar-refractivity contribution is 0.102. The zero-order chi connectivity index (χ0) is 16.0. The summed E-state index contributed by atoms with van der Waals surface area (Å²) in [6.07, 6.45) is 4.41. The Labute approximate surface area is 135 Å². The number of hydrogen-bond donors (Lipinski definition) is 0. The fourth-order valence-corrected chi connectivity index (χ4v) is 7.87. The van der Waals surface area contributed by atoms with E-state index in [1.165, 1.54) is 19.0 Å². The number of Topliss-reactive ketones (excluding diaryl/α,β-unsaturated/α-hetero) is 1. The van der Waals surface area contributed by atoms with Gasteiger partial charge in [-0.05, 0) is 58.4 Å². The van der Waals surface area contributed by atoms with Crippen LogP contribution < -0.4 is 0 Å². The Hall–Kier alpha value is -0.390. The second-order valence-electron chi connectivity index (χ2n) is 6.46. The molecule has 0 amide bonds. The zero-order valence-electron chi connectivity index (χ0n) is 14.0. The van der Waals surface area contributed by atoms with Crippen LogP contribution in [0.2, 0.25) is 5.02 Å². The van der Waals surface area contributed by atoms with Crippen molar-refractivity contribution in [1.29, 1.82) is 0 Å². The standard InChI is InChI=1S/C18H29ClOP/c1-6-7-12-21(14(2)3,15(4)5)13-18(20)16-8-10-17(19)11-9-16/h8-11,14-15H,6-7,12-13H2,1-5H3/q+1. The van der Waals surface area contributed by atoms with Crippen molar-refractivity contribution in [2.75, 3.05) is 12.3 Å². The van der Waals surface area contributed by atoms with Gasteiger partial charge in [0.1, 0.15) is 6.16 Å². The van der Waals surface area contributed by atoms with Crippen LogP contribution in [0.15, 0.2) is 24.3 Å². The molecule has 0 aliphatic heterocycles. The molecule has 0 fully saturated rings.